The molecule has 0 radical (unpaired) electrons. The third-order valence-corrected chi connectivity index (χ3v) is 7.13. The fourth-order valence-corrected chi connectivity index (χ4v) is 4.91. The molecule has 0 N–H and O–H groups in total. The van der Waals surface area contributed by atoms with Gasteiger partial charge in [-0.15, -0.1) is 0 Å². The number of hydrogen-bond donors (Lipinski definition) is 0. The first-order chi connectivity index (χ1) is 16.5. The SMILES string of the molecule is CCN(CC)CCN(C(=O)c1ccccc1Oc1ccccc1)c1nc2cc(C)c(C)cc2s1. The van der Waals surface area contributed by atoms with E-state index in [1.165, 1.54) is 11.1 Å². The standard InChI is InChI=1S/C28H31N3O2S/c1-5-30(6-2)16-17-31(28-29-24-18-20(3)21(4)19-26(24)34-28)27(32)23-14-10-11-15-25(23)33-22-12-8-7-9-13-22/h7-15,18-19H,5-6,16-17H2,1-4H3. The van der Waals surface area contributed by atoms with Crippen molar-refractivity contribution in [2.24, 2.45) is 0 Å². The number of anilines is 1. The van der Waals surface area contributed by atoms with Gasteiger partial charge in [-0.05, 0) is 74.5 Å². The molecule has 34 heavy (non-hydrogen) atoms. The molecule has 0 aliphatic heterocycles. The number of carbonyl (C=O) groups is 1. The summed E-state index contributed by atoms with van der Waals surface area (Å²) in [5, 5.41) is 0.715. The second-order valence-corrected chi connectivity index (χ2v) is 9.30. The van der Waals surface area contributed by atoms with Crippen LogP contribution < -0.4 is 9.64 Å². The lowest BCUT2D eigenvalue weighted by Crippen LogP contribution is -2.39. The van der Waals surface area contributed by atoms with Crippen molar-refractivity contribution >= 4 is 32.6 Å². The molecule has 0 aliphatic carbocycles. The number of hydrogen-bond acceptors (Lipinski definition) is 5. The summed E-state index contributed by atoms with van der Waals surface area (Å²) in [6.07, 6.45) is 0. The van der Waals surface area contributed by atoms with Crippen LogP contribution in [0, 0.1) is 13.8 Å². The van der Waals surface area contributed by atoms with Crippen molar-refractivity contribution in [3.05, 3.63) is 83.4 Å². The van der Waals surface area contributed by atoms with E-state index in [0.717, 1.165) is 29.9 Å². The van der Waals surface area contributed by atoms with Crippen LogP contribution in [0.15, 0.2) is 66.7 Å². The van der Waals surface area contributed by atoms with Gasteiger partial charge in [-0.25, -0.2) is 4.98 Å². The van der Waals surface area contributed by atoms with Crippen molar-refractivity contribution in [3.8, 4) is 11.5 Å². The minimum absolute atomic E-state index is 0.105. The molecule has 1 heterocycles. The van der Waals surface area contributed by atoms with Crippen molar-refractivity contribution in [2.45, 2.75) is 27.7 Å². The Balaban J connectivity index is 1.71. The minimum Gasteiger partial charge on any atom is -0.457 e. The predicted molar refractivity (Wildman–Crippen MR) is 142 cm³/mol. The van der Waals surface area contributed by atoms with Crippen LogP contribution in [0.25, 0.3) is 10.2 Å². The molecule has 5 nitrogen and oxygen atoms in total. The zero-order valence-electron chi connectivity index (χ0n) is 20.2. The average molecular weight is 474 g/mol. The molecule has 0 unspecified atom stereocenters. The number of para-hydroxylation sites is 2. The van der Waals surface area contributed by atoms with Gasteiger partial charge >= 0.3 is 0 Å². The summed E-state index contributed by atoms with van der Waals surface area (Å²) in [5.74, 6) is 1.13. The molecule has 0 saturated carbocycles. The Labute approximate surface area is 205 Å². The quantitative estimate of drug-likeness (QED) is 0.272. The number of aromatic nitrogens is 1. The Kier molecular flexibility index (Phi) is 7.60. The van der Waals surface area contributed by atoms with Gasteiger partial charge in [0.25, 0.3) is 5.91 Å². The number of nitrogens with zero attached hydrogens (tertiary/aromatic N) is 3. The van der Waals surface area contributed by atoms with Gasteiger partial charge in [0, 0.05) is 13.1 Å². The summed E-state index contributed by atoms with van der Waals surface area (Å²) in [4.78, 5) is 22.9. The van der Waals surface area contributed by atoms with E-state index < -0.39 is 0 Å². The molecule has 0 aliphatic rings. The van der Waals surface area contributed by atoms with Crippen LogP contribution in [0.2, 0.25) is 0 Å². The summed E-state index contributed by atoms with van der Waals surface area (Å²) in [7, 11) is 0. The summed E-state index contributed by atoms with van der Waals surface area (Å²) in [6.45, 7) is 11.7. The molecule has 1 aromatic heterocycles. The van der Waals surface area contributed by atoms with E-state index in [-0.39, 0.29) is 5.91 Å². The Morgan fingerprint density at radius 1 is 0.912 bits per heavy atom. The molecule has 0 fully saturated rings. The Morgan fingerprint density at radius 3 is 2.32 bits per heavy atom. The highest BCUT2D eigenvalue weighted by atomic mass is 32.1. The van der Waals surface area contributed by atoms with E-state index in [1.54, 1.807) is 16.2 Å². The third kappa shape index (κ3) is 5.29. The molecule has 176 valence electrons. The summed E-state index contributed by atoms with van der Waals surface area (Å²) < 4.78 is 7.19. The van der Waals surface area contributed by atoms with E-state index in [0.29, 0.717) is 28.7 Å². The predicted octanol–water partition coefficient (Wildman–Crippen LogP) is 6.69. The summed E-state index contributed by atoms with van der Waals surface area (Å²) >= 11 is 1.56. The number of amides is 1. The van der Waals surface area contributed by atoms with Crippen LogP contribution in [-0.2, 0) is 0 Å². The van der Waals surface area contributed by atoms with Gasteiger partial charge in [-0.1, -0.05) is 55.5 Å². The van der Waals surface area contributed by atoms with Crippen molar-refractivity contribution in [1.82, 2.24) is 9.88 Å². The second kappa shape index (κ2) is 10.8. The number of benzene rings is 3. The topological polar surface area (TPSA) is 45.7 Å². The van der Waals surface area contributed by atoms with Crippen molar-refractivity contribution in [1.29, 1.82) is 0 Å². The first kappa shape index (κ1) is 23.9. The van der Waals surface area contributed by atoms with Crippen molar-refractivity contribution < 1.29 is 9.53 Å². The molecule has 0 saturated heterocycles. The van der Waals surface area contributed by atoms with Gasteiger partial charge in [-0.3, -0.25) is 9.69 Å². The number of aryl methyl sites for hydroxylation is 2. The normalized spacial score (nSPS) is 11.2. The number of ether oxygens (including phenoxy) is 1. The maximum atomic E-state index is 14.0. The van der Waals surface area contributed by atoms with Crippen molar-refractivity contribution in [3.63, 3.8) is 0 Å². The largest absolute Gasteiger partial charge is 0.457 e. The maximum absolute atomic E-state index is 14.0. The second-order valence-electron chi connectivity index (χ2n) is 8.30. The average Bonchev–Trinajstić information content (AvgIpc) is 3.25. The molecular formula is C28H31N3O2S. The zero-order valence-corrected chi connectivity index (χ0v) is 21.1. The molecule has 0 atom stereocenters. The highest BCUT2D eigenvalue weighted by molar-refractivity contribution is 7.22. The number of fused-ring (bicyclic) bond motifs is 1. The van der Waals surface area contributed by atoms with E-state index in [1.807, 2.05) is 54.6 Å². The van der Waals surface area contributed by atoms with Crippen LogP contribution >= 0.6 is 11.3 Å². The van der Waals surface area contributed by atoms with Crippen LogP contribution in [0.4, 0.5) is 5.13 Å². The number of likely N-dealkylation sites (N-methyl/N-ethyl adjacent to an activating group) is 1. The van der Waals surface area contributed by atoms with Crippen LogP contribution in [0.5, 0.6) is 11.5 Å². The van der Waals surface area contributed by atoms with Gasteiger partial charge < -0.3 is 9.64 Å². The minimum atomic E-state index is -0.105. The van der Waals surface area contributed by atoms with E-state index >= 15 is 0 Å². The molecule has 6 heteroatoms. The van der Waals surface area contributed by atoms with Gasteiger partial charge in [0.2, 0.25) is 0 Å². The van der Waals surface area contributed by atoms with E-state index in [2.05, 4.69) is 44.7 Å². The lowest BCUT2D eigenvalue weighted by Gasteiger charge is -2.25. The zero-order chi connectivity index (χ0) is 24.1. The fourth-order valence-electron chi connectivity index (χ4n) is 3.84. The molecule has 4 aromatic rings. The third-order valence-electron chi connectivity index (χ3n) is 6.09. The first-order valence-corrected chi connectivity index (χ1v) is 12.6. The highest BCUT2D eigenvalue weighted by Crippen LogP contribution is 2.33. The molecular weight excluding hydrogens is 442 g/mol. The Morgan fingerprint density at radius 2 is 1.59 bits per heavy atom. The van der Waals surface area contributed by atoms with Gasteiger partial charge in [0.05, 0.1) is 15.8 Å². The molecule has 4 rings (SSSR count). The van der Waals surface area contributed by atoms with Gasteiger partial charge in [0.1, 0.15) is 11.5 Å². The van der Waals surface area contributed by atoms with Crippen LogP contribution in [0.3, 0.4) is 0 Å². The maximum Gasteiger partial charge on any atom is 0.263 e. The lowest BCUT2D eigenvalue weighted by molar-refractivity contribution is 0.0981. The molecule has 0 spiro atoms. The van der Waals surface area contributed by atoms with Gasteiger partial charge in [-0.2, -0.15) is 0 Å². The molecule has 0 bridgehead atoms. The highest BCUT2D eigenvalue weighted by Gasteiger charge is 2.25. The summed E-state index contributed by atoms with van der Waals surface area (Å²) in [6, 6.07) is 21.2. The Bertz CT molecular complexity index is 1230. The number of thiazole rings is 1. The lowest BCUT2D eigenvalue weighted by atomic mass is 10.1. The number of rotatable bonds is 9. The van der Waals surface area contributed by atoms with E-state index in [9.17, 15) is 4.79 Å². The van der Waals surface area contributed by atoms with E-state index in [4.69, 9.17) is 9.72 Å². The fraction of sp³-hybridized carbons (Fsp3) is 0.286. The monoisotopic (exact) mass is 473 g/mol. The van der Waals surface area contributed by atoms with Gasteiger partial charge in [0.15, 0.2) is 5.13 Å². The van der Waals surface area contributed by atoms with Crippen LogP contribution in [0.1, 0.15) is 35.3 Å². The number of carbonyl (C=O) groups excluding carboxylic acids is 1. The first-order valence-electron chi connectivity index (χ1n) is 11.7. The van der Waals surface area contributed by atoms with Crippen molar-refractivity contribution in [2.75, 3.05) is 31.1 Å². The van der Waals surface area contributed by atoms with Crippen LogP contribution in [-0.4, -0.2) is 42.0 Å². The molecule has 1 amide bonds. The summed E-state index contributed by atoms with van der Waals surface area (Å²) in [5.41, 5.74) is 3.88. The molecule has 3 aromatic carbocycles. The Hall–Kier alpha value is -3.22. The smallest absolute Gasteiger partial charge is 0.263 e.